The lowest BCUT2D eigenvalue weighted by Gasteiger charge is -2.33. The highest BCUT2D eigenvalue weighted by molar-refractivity contribution is 4.77. The van der Waals surface area contributed by atoms with Crippen LogP contribution in [0.2, 0.25) is 0 Å². The molecule has 1 heterocycles. The summed E-state index contributed by atoms with van der Waals surface area (Å²) in [5.41, 5.74) is 0. The Labute approximate surface area is 71.2 Å². The number of hydrogen-bond donors (Lipinski definition) is 1. The molecule has 72 valence electrons. The van der Waals surface area contributed by atoms with Crippen molar-refractivity contribution >= 4 is 0 Å². The van der Waals surface area contributed by atoms with Crippen LogP contribution in [0.15, 0.2) is 0 Å². The van der Waals surface area contributed by atoms with Gasteiger partial charge in [0.1, 0.15) is 0 Å². The lowest BCUT2D eigenvalue weighted by Crippen LogP contribution is -2.43. The Hall–Kier alpha value is -0.220. The molecule has 1 saturated heterocycles. The summed E-state index contributed by atoms with van der Waals surface area (Å²) >= 11 is 0. The lowest BCUT2D eigenvalue weighted by molar-refractivity contribution is 0.00775. The van der Waals surface area contributed by atoms with Gasteiger partial charge in [0.2, 0.25) is 0 Å². The van der Waals surface area contributed by atoms with Crippen LogP contribution in [-0.4, -0.2) is 42.2 Å². The van der Waals surface area contributed by atoms with Crippen molar-refractivity contribution in [3.05, 3.63) is 0 Å². The van der Waals surface area contributed by atoms with E-state index in [4.69, 9.17) is 0 Å². The van der Waals surface area contributed by atoms with E-state index in [2.05, 4.69) is 0 Å². The summed E-state index contributed by atoms with van der Waals surface area (Å²) in [4.78, 5) is 1.71. The monoisotopic (exact) mass is 179 g/mol. The first-order chi connectivity index (χ1) is 5.59. The van der Waals surface area contributed by atoms with Crippen LogP contribution >= 0.6 is 0 Å². The van der Waals surface area contributed by atoms with Gasteiger partial charge in [-0.25, -0.2) is 8.78 Å². The van der Waals surface area contributed by atoms with Gasteiger partial charge in [0.05, 0.1) is 12.6 Å². The molecule has 12 heavy (non-hydrogen) atoms. The predicted molar refractivity (Wildman–Crippen MR) is 42.2 cm³/mol. The van der Waals surface area contributed by atoms with E-state index in [-0.39, 0.29) is 18.6 Å². The molecule has 0 aromatic rings. The van der Waals surface area contributed by atoms with Gasteiger partial charge < -0.3 is 5.11 Å². The molecule has 0 spiro atoms. The molecule has 0 saturated carbocycles. The largest absolute Gasteiger partial charge is 0.393 e. The third-order valence-corrected chi connectivity index (χ3v) is 2.34. The average Bonchev–Trinajstić information content (AvgIpc) is 1.96. The SMILES string of the molecule is CC1CN(CC(F)F)CCC1O. The zero-order valence-electron chi connectivity index (χ0n) is 7.21. The van der Waals surface area contributed by atoms with Crippen LogP contribution in [0.5, 0.6) is 0 Å². The summed E-state index contributed by atoms with van der Waals surface area (Å²) in [6.45, 7) is 2.92. The first-order valence-corrected chi connectivity index (χ1v) is 4.28. The molecule has 1 aliphatic heterocycles. The highest BCUT2D eigenvalue weighted by Crippen LogP contribution is 2.16. The maximum Gasteiger partial charge on any atom is 0.251 e. The number of rotatable bonds is 2. The molecular formula is C8H15F2NO. The number of halogens is 2. The summed E-state index contributed by atoms with van der Waals surface area (Å²) in [6, 6.07) is 0. The Bertz CT molecular complexity index is 143. The number of hydrogen-bond acceptors (Lipinski definition) is 2. The number of nitrogens with zero attached hydrogens (tertiary/aromatic N) is 1. The van der Waals surface area contributed by atoms with Crippen molar-refractivity contribution in [2.45, 2.75) is 25.9 Å². The second kappa shape index (κ2) is 4.14. The molecule has 4 heteroatoms. The van der Waals surface area contributed by atoms with Gasteiger partial charge >= 0.3 is 0 Å². The molecule has 1 fully saturated rings. The van der Waals surface area contributed by atoms with Gasteiger partial charge in [0, 0.05) is 13.1 Å². The average molecular weight is 179 g/mol. The topological polar surface area (TPSA) is 23.5 Å². The van der Waals surface area contributed by atoms with E-state index in [0.717, 1.165) is 0 Å². The predicted octanol–water partition coefficient (Wildman–Crippen LogP) is 0.954. The molecule has 0 radical (unpaired) electrons. The number of aliphatic hydroxyl groups is 1. The van der Waals surface area contributed by atoms with Crippen LogP contribution in [0, 0.1) is 5.92 Å². The molecule has 0 amide bonds. The number of likely N-dealkylation sites (tertiary alicyclic amines) is 1. The summed E-state index contributed by atoms with van der Waals surface area (Å²) in [7, 11) is 0. The van der Waals surface area contributed by atoms with Crippen molar-refractivity contribution in [1.29, 1.82) is 0 Å². The van der Waals surface area contributed by atoms with E-state index >= 15 is 0 Å². The first kappa shape index (κ1) is 9.86. The lowest BCUT2D eigenvalue weighted by atomic mass is 9.97. The number of aliphatic hydroxyl groups excluding tert-OH is 1. The Morgan fingerprint density at radius 3 is 2.75 bits per heavy atom. The van der Waals surface area contributed by atoms with E-state index in [1.165, 1.54) is 0 Å². The van der Waals surface area contributed by atoms with Gasteiger partial charge in [0.25, 0.3) is 6.43 Å². The van der Waals surface area contributed by atoms with Crippen molar-refractivity contribution in [1.82, 2.24) is 4.90 Å². The van der Waals surface area contributed by atoms with Crippen molar-refractivity contribution in [2.24, 2.45) is 5.92 Å². The fourth-order valence-corrected chi connectivity index (χ4v) is 1.58. The Morgan fingerprint density at radius 2 is 2.25 bits per heavy atom. The molecule has 1 aliphatic rings. The standard InChI is InChI=1S/C8H15F2NO/c1-6-4-11(5-8(9)10)3-2-7(6)12/h6-8,12H,2-5H2,1H3. The summed E-state index contributed by atoms with van der Waals surface area (Å²) < 4.78 is 23.9. The zero-order valence-corrected chi connectivity index (χ0v) is 7.21. The Morgan fingerprint density at radius 1 is 1.58 bits per heavy atom. The second-order valence-electron chi connectivity index (χ2n) is 3.48. The van der Waals surface area contributed by atoms with Crippen LogP contribution in [-0.2, 0) is 0 Å². The first-order valence-electron chi connectivity index (χ1n) is 4.28. The quantitative estimate of drug-likeness (QED) is 0.682. The maximum atomic E-state index is 11.9. The Balaban J connectivity index is 2.30. The third-order valence-electron chi connectivity index (χ3n) is 2.34. The van der Waals surface area contributed by atoms with Crippen molar-refractivity contribution in [3.63, 3.8) is 0 Å². The smallest absolute Gasteiger partial charge is 0.251 e. The maximum absolute atomic E-state index is 11.9. The van der Waals surface area contributed by atoms with Gasteiger partial charge in [0.15, 0.2) is 0 Å². The third kappa shape index (κ3) is 2.68. The zero-order chi connectivity index (χ0) is 9.14. The molecule has 0 aromatic heterocycles. The molecule has 0 aliphatic carbocycles. The highest BCUT2D eigenvalue weighted by atomic mass is 19.3. The van der Waals surface area contributed by atoms with Gasteiger partial charge in [-0.05, 0) is 12.3 Å². The second-order valence-corrected chi connectivity index (χ2v) is 3.48. The molecule has 0 bridgehead atoms. The van der Waals surface area contributed by atoms with E-state index in [9.17, 15) is 13.9 Å². The fraction of sp³-hybridized carbons (Fsp3) is 1.00. The minimum atomic E-state index is -2.26. The van der Waals surface area contributed by atoms with Gasteiger partial charge in [-0.1, -0.05) is 6.92 Å². The van der Waals surface area contributed by atoms with Crippen LogP contribution in [0.3, 0.4) is 0 Å². The van der Waals surface area contributed by atoms with Crippen LogP contribution < -0.4 is 0 Å². The van der Waals surface area contributed by atoms with Gasteiger partial charge in [-0.15, -0.1) is 0 Å². The molecule has 2 atom stereocenters. The minimum absolute atomic E-state index is 0.123. The van der Waals surface area contributed by atoms with Crippen LogP contribution in [0.25, 0.3) is 0 Å². The van der Waals surface area contributed by atoms with E-state index in [0.29, 0.717) is 19.5 Å². The molecule has 1 N–H and O–H groups in total. The summed E-state index contributed by atoms with van der Waals surface area (Å²) in [6.07, 6.45) is -1.94. The number of piperidine rings is 1. The van der Waals surface area contributed by atoms with Crippen LogP contribution in [0.4, 0.5) is 8.78 Å². The van der Waals surface area contributed by atoms with E-state index in [1.54, 1.807) is 4.90 Å². The molecule has 0 aromatic carbocycles. The van der Waals surface area contributed by atoms with Crippen LogP contribution in [0.1, 0.15) is 13.3 Å². The van der Waals surface area contributed by atoms with Gasteiger partial charge in [-0.2, -0.15) is 0 Å². The molecule has 1 rings (SSSR count). The summed E-state index contributed by atoms with van der Waals surface area (Å²) in [5.74, 6) is 0.123. The van der Waals surface area contributed by atoms with Crippen molar-refractivity contribution < 1.29 is 13.9 Å². The number of alkyl halides is 2. The van der Waals surface area contributed by atoms with E-state index in [1.807, 2.05) is 6.92 Å². The van der Waals surface area contributed by atoms with Gasteiger partial charge in [-0.3, -0.25) is 4.90 Å². The van der Waals surface area contributed by atoms with E-state index < -0.39 is 6.43 Å². The normalized spacial score (nSPS) is 32.8. The summed E-state index contributed by atoms with van der Waals surface area (Å²) in [5, 5.41) is 9.32. The van der Waals surface area contributed by atoms with Crippen molar-refractivity contribution in [2.75, 3.05) is 19.6 Å². The Kier molecular flexibility index (Phi) is 3.40. The molecular weight excluding hydrogens is 164 g/mol. The highest BCUT2D eigenvalue weighted by Gasteiger charge is 2.25. The van der Waals surface area contributed by atoms with Crippen molar-refractivity contribution in [3.8, 4) is 0 Å². The molecule has 2 unspecified atom stereocenters. The molecule has 2 nitrogen and oxygen atoms in total. The fourth-order valence-electron chi connectivity index (χ4n) is 1.58. The minimum Gasteiger partial charge on any atom is -0.393 e.